The standard InChI is InChI=1S/C24H19F4NO5/c25-15-7-9-16(10-8-15)29-21(14-5-11-17(30)12-6-14)22(34-23(29)32)19(31)13-33-20-4-2-1-3-18(20)24(26,27)28/h1-12,19,21-22,30-31H,13H2. The molecule has 1 fully saturated rings. The van der Waals surface area contributed by atoms with E-state index >= 15 is 0 Å². The van der Waals surface area contributed by atoms with Gasteiger partial charge in [0.2, 0.25) is 0 Å². The van der Waals surface area contributed by atoms with Crippen LogP contribution in [-0.2, 0) is 10.9 Å². The summed E-state index contributed by atoms with van der Waals surface area (Å²) in [5.74, 6) is -1.03. The molecule has 3 atom stereocenters. The van der Waals surface area contributed by atoms with Gasteiger partial charge < -0.3 is 19.7 Å². The van der Waals surface area contributed by atoms with Crippen LogP contribution in [0.25, 0.3) is 0 Å². The van der Waals surface area contributed by atoms with Gasteiger partial charge in [-0.3, -0.25) is 4.90 Å². The summed E-state index contributed by atoms with van der Waals surface area (Å²) in [7, 11) is 0. The number of nitrogens with zero attached hydrogens (tertiary/aromatic N) is 1. The average molecular weight is 477 g/mol. The Labute approximate surface area is 191 Å². The molecule has 0 aliphatic carbocycles. The van der Waals surface area contributed by atoms with Crippen LogP contribution in [0, 0.1) is 5.82 Å². The van der Waals surface area contributed by atoms with Crippen LogP contribution in [0.4, 0.5) is 28.0 Å². The zero-order valence-corrected chi connectivity index (χ0v) is 17.4. The molecule has 2 N–H and O–H groups in total. The van der Waals surface area contributed by atoms with E-state index in [0.717, 1.165) is 24.3 Å². The van der Waals surface area contributed by atoms with E-state index < -0.39 is 54.3 Å². The van der Waals surface area contributed by atoms with Gasteiger partial charge in [0.15, 0.2) is 6.10 Å². The first-order chi connectivity index (χ1) is 16.1. The Hall–Kier alpha value is -3.79. The number of carbonyl (C=O) groups excluding carboxylic acids is 1. The molecule has 4 rings (SSSR count). The van der Waals surface area contributed by atoms with Crippen LogP contribution in [0.5, 0.6) is 11.5 Å². The van der Waals surface area contributed by atoms with Crippen molar-refractivity contribution in [3.05, 3.63) is 89.7 Å². The van der Waals surface area contributed by atoms with Crippen LogP contribution in [0.1, 0.15) is 17.2 Å². The fourth-order valence-electron chi connectivity index (χ4n) is 3.76. The van der Waals surface area contributed by atoms with Crippen LogP contribution in [0.3, 0.4) is 0 Å². The molecule has 0 spiro atoms. The Morgan fingerprint density at radius 2 is 1.65 bits per heavy atom. The van der Waals surface area contributed by atoms with Crippen molar-refractivity contribution < 1.29 is 42.0 Å². The number of aliphatic hydroxyl groups excluding tert-OH is 1. The highest BCUT2D eigenvalue weighted by Gasteiger charge is 2.47. The summed E-state index contributed by atoms with van der Waals surface area (Å²) < 4.78 is 63.8. The van der Waals surface area contributed by atoms with E-state index in [-0.39, 0.29) is 11.4 Å². The normalized spacial score (nSPS) is 19.1. The van der Waals surface area contributed by atoms with Gasteiger partial charge in [-0.15, -0.1) is 0 Å². The lowest BCUT2D eigenvalue weighted by Crippen LogP contribution is -2.38. The third-order valence-corrected chi connectivity index (χ3v) is 5.34. The number of ether oxygens (including phenoxy) is 2. The van der Waals surface area contributed by atoms with Crippen molar-refractivity contribution in [3.8, 4) is 11.5 Å². The SMILES string of the molecule is O=C1OC(C(O)COc2ccccc2C(F)(F)F)C(c2ccc(O)cc2)N1c1ccc(F)cc1. The number of halogens is 4. The van der Waals surface area contributed by atoms with Crippen molar-refractivity contribution in [2.75, 3.05) is 11.5 Å². The summed E-state index contributed by atoms with van der Waals surface area (Å²) >= 11 is 0. The molecule has 0 bridgehead atoms. The highest BCUT2D eigenvalue weighted by atomic mass is 19.4. The van der Waals surface area contributed by atoms with E-state index in [1.807, 2.05) is 0 Å². The second-order valence-corrected chi connectivity index (χ2v) is 7.60. The van der Waals surface area contributed by atoms with Gasteiger partial charge in [0.25, 0.3) is 0 Å². The van der Waals surface area contributed by atoms with Gasteiger partial charge in [-0.25, -0.2) is 9.18 Å². The Bertz CT molecular complexity index is 1150. The number of alkyl halides is 3. The number of phenols is 1. The van der Waals surface area contributed by atoms with Gasteiger partial charge in [0.1, 0.15) is 36.1 Å². The molecule has 3 aromatic carbocycles. The second kappa shape index (κ2) is 9.22. The number of benzene rings is 3. The molecule has 1 aliphatic heterocycles. The summed E-state index contributed by atoms with van der Waals surface area (Å²) in [6.45, 7) is -0.600. The van der Waals surface area contributed by atoms with E-state index in [2.05, 4.69) is 0 Å². The quantitative estimate of drug-likeness (QED) is 0.486. The number of rotatable bonds is 6. The molecular formula is C24H19F4NO5. The predicted molar refractivity (Wildman–Crippen MR) is 113 cm³/mol. The summed E-state index contributed by atoms with van der Waals surface area (Å²) in [6.07, 6.45) is -8.26. The lowest BCUT2D eigenvalue weighted by molar-refractivity contribution is -0.139. The van der Waals surface area contributed by atoms with Gasteiger partial charge in [-0.1, -0.05) is 24.3 Å². The van der Waals surface area contributed by atoms with Crippen LogP contribution < -0.4 is 9.64 Å². The zero-order chi connectivity index (χ0) is 24.5. The molecule has 6 nitrogen and oxygen atoms in total. The minimum absolute atomic E-state index is 0.0356. The Morgan fingerprint density at radius 3 is 2.29 bits per heavy atom. The first-order valence-electron chi connectivity index (χ1n) is 10.2. The van der Waals surface area contributed by atoms with Gasteiger partial charge >= 0.3 is 12.3 Å². The fourth-order valence-corrected chi connectivity index (χ4v) is 3.76. The highest BCUT2D eigenvalue weighted by Crippen LogP contribution is 2.40. The number of phenolic OH excluding ortho intramolecular Hbond substituents is 1. The smallest absolute Gasteiger partial charge is 0.419 e. The molecule has 0 radical (unpaired) electrons. The fraction of sp³-hybridized carbons (Fsp3) is 0.208. The number of aromatic hydroxyl groups is 1. The van der Waals surface area contributed by atoms with Crippen LogP contribution in [-0.4, -0.2) is 35.1 Å². The molecule has 34 heavy (non-hydrogen) atoms. The van der Waals surface area contributed by atoms with Gasteiger partial charge in [-0.05, 0) is 54.1 Å². The van der Waals surface area contributed by atoms with E-state index in [9.17, 15) is 32.6 Å². The maximum absolute atomic E-state index is 13.4. The van der Waals surface area contributed by atoms with Crippen LogP contribution >= 0.6 is 0 Å². The molecule has 1 amide bonds. The topological polar surface area (TPSA) is 79.2 Å². The minimum atomic E-state index is -4.66. The van der Waals surface area contributed by atoms with E-state index in [1.165, 1.54) is 53.4 Å². The lowest BCUT2D eigenvalue weighted by Gasteiger charge is -2.27. The third-order valence-electron chi connectivity index (χ3n) is 5.34. The van der Waals surface area contributed by atoms with Crippen molar-refractivity contribution in [2.24, 2.45) is 0 Å². The molecule has 3 unspecified atom stereocenters. The third kappa shape index (κ3) is 4.76. The van der Waals surface area contributed by atoms with E-state index in [4.69, 9.17) is 9.47 Å². The molecule has 3 aromatic rings. The van der Waals surface area contributed by atoms with E-state index in [1.54, 1.807) is 0 Å². The highest BCUT2D eigenvalue weighted by molar-refractivity contribution is 5.91. The molecule has 1 saturated heterocycles. The number of amides is 1. The van der Waals surface area contributed by atoms with Crippen molar-refractivity contribution in [3.63, 3.8) is 0 Å². The first-order valence-corrected chi connectivity index (χ1v) is 10.2. The lowest BCUT2D eigenvalue weighted by atomic mass is 9.96. The van der Waals surface area contributed by atoms with Crippen molar-refractivity contribution in [1.29, 1.82) is 0 Å². The summed E-state index contributed by atoms with van der Waals surface area (Å²) in [5, 5.41) is 20.4. The molecule has 0 aromatic heterocycles. The van der Waals surface area contributed by atoms with Crippen molar-refractivity contribution in [2.45, 2.75) is 24.4 Å². The monoisotopic (exact) mass is 477 g/mol. The second-order valence-electron chi connectivity index (χ2n) is 7.60. The number of cyclic esters (lactones) is 1. The molecule has 178 valence electrons. The molecular weight excluding hydrogens is 458 g/mol. The van der Waals surface area contributed by atoms with Crippen molar-refractivity contribution >= 4 is 11.8 Å². The Balaban J connectivity index is 1.62. The number of aliphatic hydroxyl groups is 1. The summed E-state index contributed by atoms with van der Waals surface area (Å²) in [6, 6.07) is 14.4. The van der Waals surface area contributed by atoms with Gasteiger partial charge in [0.05, 0.1) is 5.56 Å². The maximum atomic E-state index is 13.4. The number of para-hydroxylation sites is 1. The van der Waals surface area contributed by atoms with E-state index in [0.29, 0.717) is 5.56 Å². The Kier molecular flexibility index (Phi) is 6.34. The van der Waals surface area contributed by atoms with Crippen LogP contribution in [0.15, 0.2) is 72.8 Å². The molecule has 1 heterocycles. The largest absolute Gasteiger partial charge is 0.508 e. The van der Waals surface area contributed by atoms with Gasteiger partial charge in [-0.2, -0.15) is 13.2 Å². The number of anilines is 1. The molecule has 10 heteroatoms. The molecule has 0 saturated carbocycles. The first kappa shape index (κ1) is 23.4. The van der Waals surface area contributed by atoms with Crippen LogP contribution in [0.2, 0.25) is 0 Å². The maximum Gasteiger partial charge on any atom is 0.419 e. The summed E-state index contributed by atoms with van der Waals surface area (Å²) in [4.78, 5) is 13.9. The average Bonchev–Trinajstić information content (AvgIpc) is 3.15. The number of carbonyl (C=O) groups is 1. The van der Waals surface area contributed by atoms with Gasteiger partial charge in [0, 0.05) is 5.69 Å². The molecule has 1 aliphatic rings. The minimum Gasteiger partial charge on any atom is -0.508 e. The number of hydrogen-bond acceptors (Lipinski definition) is 5. The Morgan fingerprint density at radius 1 is 1.00 bits per heavy atom. The zero-order valence-electron chi connectivity index (χ0n) is 17.4. The predicted octanol–water partition coefficient (Wildman–Crippen LogP) is 5.06. The number of hydrogen-bond donors (Lipinski definition) is 2. The van der Waals surface area contributed by atoms with Crippen molar-refractivity contribution in [1.82, 2.24) is 0 Å². The summed E-state index contributed by atoms with van der Waals surface area (Å²) in [5.41, 5.74) is -0.260.